The monoisotopic (exact) mass is 343 g/mol. The van der Waals surface area contributed by atoms with Gasteiger partial charge in [-0.2, -0.15) is 13.2 Å². The number of benzene rings is 1. The van der Waals surface area contributed by atoms with Gasteiger partial charge in [0.05, 0.1) is 5.56 Å². The smallest absolute Gasteiger partial charge is 0.346 e. The first kappa shape index (κ1) is 18.3. The molecule has 1 fully saturated rings. The number of halogens is 3. The highest BCUT2D eigenvalue weighted by molar-refractivity contribution is 6.39. The second kappa shape index (κ2) is 7.65. The van der Waals surface area contributed by atoms with E-state index in [0.29, 0.717) is 6.54 Å². The molecule has 24 heavy (non-hydrogen) atoms. The number of hydrogen-bond acceptors (Lipinski definition) is 3. The fraction of sp³-hybridized carbons (Fsp3) is 0.500. The maximum atomic E-state index is 12.6. The van der Waals surface area contributed by atoms with Gasteiger partial charge in [0.1, 0.15) is 0 Å². The van der Waals surface area contributed by atoms with Gasteiger partial charge in [-0.05, 0) is 44.1 Å². The second-order valence-electron chi connectivity index (χ2n) is 5.67. The molecule has 1 heterocycles. The average molecular weight is 343 g/mol. The lowest BCUT2D eigenvalue weighted by molar-refractivity contribution is -0.137. The number of nitrogens with one attached hydrogen (secondary N) is 2. The molecule has 1 aromatic carbocycles. The number of hydrogen-bond donors (Lipinski definition) is 2. The number of amides is 2. The third kappa shape index (κ3) is 4.70. The number of likely N-dealkylation sites (N-methyl/N-ethyl adjacent to an activating group) is 1. The van der Waals surface area contributed by atoms with Gasteiger partial charge in [-0.25, -0.2) is 0 Å². The maximum Gasteiger partial charge on any atom is 0.416 e. The highest BCUT2D eigenvalue weighted by atomic mass is 19.4. The molecule has 0 aliphatic carbocycles. The molecule has 2 N–H and O–H groups in total. The van der Waals surface area contributed by atoms with E-state index in [1.807, 2.05) is 6.92 Å². The summed E-state index contributed by atoms with van der Waals surface area (Å²) in [6.07, 6.45) is -2.51. The number of carbonyl (C=O) groups excluding carboxylic acids is 2. The highest BCUT2D eigenvalue weighted by Crippen LogP contribution is 2.30. The molecule has 1 aliphatic rings. The number of alkyl halides is 3. The van der Waals surface area contributed by atoms with Crippen molar-refractivity contribution in [1.29, 1.82) is 0 Å². The van der Waals surface area contributed by atoms with Gasteiger partial charge in [0.2, 0.25) is 0 Å². The van der Waals surface area contributed by atoms with Gasteiger partial charge in [-0.3, -0.25) is 14.5 Å². The van der Waals surface area contributed by atoms with Gasteiger partial charge < -0.3 is 10.6 Å². The summed E-state index contributed by atoms with van der Waals surface area (Å²) in [5.41, 5.74) is -0.953. The average Bonchev–Trinajstić information content (AvgIpc) is 2.99. The van der Waals surface area contributed by atoms with Gasteiger partial charge in [-0.1, -0.05) is 13.0 Å². The predicted molar refractivity (Wildman–Crippen MR) is 83.4 cm³/mol. The van der Waals surface area contributed by atoms with Crippen molar-refractivity contribution in [2.45, 2.75) is 32.0 Å². The topological polar surface area (TPSA) is 61.4 Å². The molecule has 1 aromatic rings. The minimum Gasteiger partial charge on any atom is -0.346 e. The van der Waals surface area contributed by atoms with Crippen LogP contribution in [0.2, 0.25) is 0 Å². The first-order chi connectivity index (χ1) is 11.3. The molecule has 1 atom stereocenters. The third-order valence-electron chi connectivity index (χ3n) is 4.06. The second-order valence-corrected chi connectivity index (χ2v) is 5.67. The molecule has 5 nitrogen and oxygen atoms in total. The molecule has 132 valence electrons. The SMILES string of the molecule is CCN1CCC[C@H]1CNC(=O)C(=O)Nc1cccc(C(F)(F)F)c1. The van der Waals surface area contributed by atoms with Crippen LogP contribution in [-0.4, -0.2) is 42.4 Å². The zero-order valence-electron chi connectivity index (χ0n) is 13.3. The van der Waals surface area contributed by atoms with E-state index >= 15 is 0 Å². The van der Waals surface area contributed by atoms with E-state index in [-0.39, 0.29) is 11.7 Å². The molecular formula is C16H20F3N3O2. The van der Waals surface area contributed by atoms with Crippen LogP contribution in [0.5, 0.6) is 0 Å². The van der Waals surface area contributed by atoms with E-state index in [1.54, 1.807) is 0 Å². The molecule has 0 spiro atoms. The van der Waals surface area contributed by atoms with E-state index in [1.165, 1.54) is 12.1 Å². The van der Waals surface area contributed by atoms with Crippen LogP contribution < -0.4 is 10.6 Å². The van der Waals surface area contributed by atoms with Crippen LogP contribution in [0.4, 0.5) is 18.9 Å². The predicted octanol–water partition coefficient (Wildman–Crippen LogP) is 2.24. The molecule has 2 rings (SSSR count). The lowest BCUT2D eigenvalue weighted by Gasteiger charge is -2.22. The zero-order valence-corrected chi connectivity index (χ0v) is 13.3. The molecule has 8 heteroatoms. The quantitative estimate of drug-likeness (QED) is 0.825. The fourth-order valence-corrected chi connectivity index (χ4v) is 2.79. The summed E-state index contributed by atoms with van der Waals surface area (Å²) >= 11 is 0. The van der Waals surface area contributed by atoms with Crippen molar-refractivity contribution in [3.63, 3.8) is 0 Å². The Balaban J connectivity index is 1.89. The minimum absolute atomic E-state index is 0.0685. The van der Waals surface area contributed by atoms with E-state index in [2.05, 4.69) is 15.5 Å². The maximum absolute atomic E-state index is 12.6. The molecule has 0 bridgehead atoms. The van der Waals surface area contributed by atoms with Gasteiger partial charge in [0, 0.05) is 18.3 Å². The number of anilines is 1. The van der Waals surface area contributed by atoms with Crippen molar-refractivity contribution < 1.29 is 22.8 Å². The van der Waals surface area contributed by atoms with Crippen molar-refractivity contribution in [3.8, 4) is 0 Å². The molecule has 2 amide bonds. The molecule has 0 radical (unpaired) electrons. The number of carbonyl (C=O) groups is 2. The van der Waals surface area contributed by atoms with E-state index in [0.717, 1.165) is 38.1 Å². The van der Waals surface area contributed by atoms with Gasteiger partial charge in [-0.15, -0.1) is 0 Å². The van der Waals surface area contributed by atoms with Crippen LogP contribution in [0.1, 0.15) is 25.3 Å². The van der Waals surface area contributed by atoms with Gasteiger partial charge >= 0.3 is 18.0 Å². The molecule has 0 unspecified atom stereocenters. The lowest BCUT2D eigenvalue weighted by Crippen LogP contribution is -2.43. The van der Waals surface area contributed by atoms with E-state index in [9.17, 15) is 22.8 Å². The van der Waals surface area contributed by atoms with Gasteiger partial charge in [0.25, 0.3) is 0 Å². The Bertz CT molecular complexity index is 604. The van der Waals surface area contributed by atoms with E-state index in [4.69, 9.17) is 0 Å². The Hall–Kier alpha value is -2.09. The summed E-state index contributed by atoms with van der Waals surface area (Å²) in [6.45, 7) is 4.22. The largest absolute Gasteiger partial charge is 0.416 e. The molecule has 1 aliphatic heterocycles. The van der Waals surface area contributed by atoms with E-state index < -0.39 is 23.6 Å². The van der Waals surface area contributed by atoms with Crippen LogP contribution in [0.15, 0.2) is 24.3 Å². The van der Waals surface area contributed by atoms with Crippen LogP contribution in [0.25, 0.3) is 0 Å². The Labute approximate surface area is 138 Å². The molecular weight excluding hydrogens is 323 g/mol. The van der Waals surface area contributed by atoms with Crippen molar-refractivity contribution in [3.05, 3.63) is 29.8 Å². The Morgan fingerprint density at radius 2 is 2.04 bits per heavy atom. The molecule has 1 saturated heterocycles. The zero-order chi connectivity index (χ0) is 17.7. The summed E-state index contributed by atoms with van der Waals surface area (Å²) < 4.78 is 37.9. The number of likely N-dealkylation sites (tertiary alicyclic amines) is 1. The summed E-state index contributed by atoms with van der Waals surface area (Å²) in [7, 11) is 0. The summed E-state index contributed by atoms with van der Waals surface area (Å²) in [5.74, 6) is -1.83. The van der Waals surface area contributed by atoms with Crippen molar-refractivity contribution in [2.24, 2.45) is 0 Å². The summed E-state index contributed by atoms with van der Waals surface area (Å²) in [5, 5.41) is 4.73. The van der Waals surface area contributed by atoms with Crippen LogP contribution in [0, 0.1) is 0 Å². The summed E-state index contributed by atoms with van der Waals surface area (Å²) in [6, 6.07) is 4.36. The van der Waals surface area contributed by atoms with Crippen molar-refractivity contribution in [1.82, 2.24) is 10.2 Å². The Kier molecular flexibility index (Phi) is 5.82. The summed E-state index contributed by atoms with van der Waals surface area (Å²) in [4.78, 5) is 25.8. The Morgan fingerprint density at radius 1 is 1.29 bits per heavy atom. The number of nitrogens with zero attached hydrogens (tertiary/aromatic N) is 1. The minimum atomic E-state index is -4.50. The third-order valence-corrected chi connectivity index (χ3v) is 4.06. The van der Waals surface area contributed by atoms with Crippen molar-refractivity contribution >= 4 is 17.5 Å². The van der Waals surface area contributed by atoms with Crippen LogP contribution >= 0.6 is 0 Å². The first-order valence-corrected chi connectivity index (χ1v) is 7.81. The Morgan fingerprint density at radius 3 is 2.71 bits per heavy atom. The fourth-order valence-electron chi connectivity index (χ4n) is 2.79. The molecule has 0 aromatic heterocycles. The van der Waals surface area contributed by atoms with Crippen LogP contribution in [0.3, 0.4) is 0 Å². The van der Waals surface area contributed by atoms with Crippen LogP contribution in [-0.2, 0) is 15.8 Å². The standard InChI is InChI=1S/C16H20F3N3O2/c1-2-22-8-4-7-13(22)10-20-14(23)15(24)21-12-6-3-5-11(9-12)16(17,18)19/h3,5-6,9,13H,2,4,7-8,10H2,1H3,(H,20,23)(H,21,24)/t13-/m0/s1. The highest BCUT2D eigenvalue weighted by Gasteiger charge is 2.30. The van der Waals surface area contributed by atoms with Gasteiger partial charge in [0.15, 0.2) is 0 Å². The normalized spacial score (nSPS) is 18.4. The van der Waals surface area contributed by atoms with Crippen molar-refractivity contribution in [2.75, 3.05) is 25.0 Å². The molecule has 0 saturated carbocycles. The first-order valence-electron chi connectivity index (χ1n) is 7.81. The lowest BCUT2D eigenvalue weighted by atomic mass is 10.2. The number of rotatable bonds is 4.